The molecule has 0 aliphatic carbocycles. The molecule has 0 N–H and O–H groups in total. The van der Waals surface area contributed by atoms with E-state index in [1.807, 2.05) is 6.07 Å². The average Bonchev–Trinajstić information content (AvgIpc) is 2.95. The fourth-order valence-electron chi connectivity index (χ4n) is 3.47. The van der Waals surface area contributed by atoms with E-state index in [9.17, 15) is 10.1 Å². The van der Waals surface area contributed by atoms with Crippen LogP contribution >= 0.6 is 0 Å². The minimum Gasteiger partial charge on any atom is -0.350 e. The van der Waals surface area contributed by atoms with Gasteiger partial charge in [0.2, 0.25) is 0 Å². The number of pyridine rings is 1. The number of hydrogen-bond donors (Lipinski definition) is 0. The van der Waals surface area contributed by atoms with E-state index in [1.165, 1.54) is 22.9 Å². The van der Waals surface area contributed by atoms with Gasteiger partial charge in [0.05, 0.1) is 11.0 Å². The van der Waals surface area contributed by atoms with Gasteiger partial charge in [-0.25, -0.2) is 4.98 Å². The van der Waals surface area contributed by atoms with E-state index in [0.29, 0.717) is 11.6 Å². The smallest absolute Gasteiger partial charge is 0.290 e. The van der Waals surface area contributed by atoms with Gasteiger partial charge in [0.25, 0.3) is 5.69 Å². The lowest BCUT2D eigenvalue weighted by Gasteiger charge is -2.27. The summed E-state index contributed by atoms with van der Waals surface area (Å²) in [5, 5.41) is 11.0. The van der Waals surface area contributed by atoms with Crippen LogP contribution in [-0.4, -0.2) is 16.5 Å². The lowest BCUT2D eigenvalue weighted by Crippen LogP contribution is -2.23. The first kappa shape index (κ1) is 15.5. The molecule has 0 bridgehead atoms. The van der Waals surface area contributed by atoms with Crippen molar-refractivity contribution in [3.8, 4) is 0 Å². The van der Waals surface area contributed by atoms with Gasteiger partial charge in [-0.2, -0.15) is 0 Å². The molecule has 3 rings (SSSR count). The molecule has 1 saturated heterocycles. The number of anilines is 1. The molecule has 1 aromatic heterocycles. The summed E-state index contributed by atoms with van der Waals surface area (Å²) in [6.07, 6.45) is 3.57. The Balaban J connectivity index is 1.95. The molecule has 2 aromatic rings. The summed E-state index contributed by atoms with van der Waals surface area (Å²) >= 11 is 0. The van der Waals surface area contributed by atoms with Crippen LogP contribution in [0, 0.1) is 30.9 Å². The molecule has 1 fully saturated rings. The Morgan fingerprint density at radius 3 is 2.48 bits per heavy atom. The summed E-state index contributed by atoms with van der Waals surface area (Å²) in [6.45, 7) is 6.93. The minimum absolute atomic E-state index is 0.0795. The summed E-state index contributed by atoms with van der Waals surface area (Å²) in [7, 11) is 0. The van der Waals surface area contributed by atoms with Crippen molar-refractivity contribution in [1.82, 2.24) is 4.98 Å². The SMILES string of the molecule is Cc1cc(C)cc(C2CCCN2c2cc(C)c([N+](=O)[O-])cn2)c1. The zero-order chi connectivity index (χ0) is 16.6. The van der Waals surface area contributed by atoms with E-state index in [0.717, 1.165) is 25.2 Å². The third kappa shape index (κ3) is 3.04. The molecular weight excluding hydrogens is 290 g/mol. The number of rotatable bonds is 3. The van der Waals surface area contributed by atoms with Crippen LogP contribution in [-0.2, 0) is 0 Å². The number of nitro groups is 1. The molecule has 5 nitrogen and oxygen atoms in total. The van der Waals surface area contributed by atoms with Crippen LogP contribution in [0.2, 0.25) is 0 Å². The highest BCUT2D eigenvalue weighted by molar-refractivity contribution is 5.51. The van der Waals surface area contributed by atoms with Crippen molar-refractivity contribution in [3.05, 3.63) is 62.8 Å². The van der Waals surface area contributed by atoms with E-state index < -0.39 is 0 Å². The molecule has 1 atom stereocenters. The third-order valence-electron chi connectivity index (χ3n) is 4.44. The van der Waals surface area contributed by atoms with Crippen LogP contribution in [0.3, 0.4) is 0 Å². The van der Waals surface area contributed by atoms with E-state index in [4.69, 9.17) is 0 Å². The summed E-state index contributed by atoms with van der Waals surface area (Å²) in [4.78, 5) is 17.2. The Bertz CT molecular complexity index is 738. The number of aromatic nitrogens is 1. The molecule has 1 unspecified atom stereocenters. The van der Waals surface area contributed by atoms with Gasteiger partial charge in [-0.1, -0.05) is 29.3 Å². The highest BCUT2D eigenvalue weighted by Crippen LogP contribution is 2.36. The molecule has 0 amide bonds. The second-order valence-electron chi connectivity index (χ2n) is 6.36. The van der Waals surface area contributed by atoms with Crippen molar-refractivity contribution in [2.75, 3.05) is 11.4 Å². The first-order valence-corrected chi connectivity index (χ1v) is 7.91. The highest BCUT2D eigenvalue weighted by Gasteiger charge is 2.28. The molecule has 1 aromatic carbocycles. The van der Waals surface area contributed by atoms with Gasteiger partial charge in [-0.3, -0.25) is 10.1 Å². The van der Waals surface area contributed by atoms with Crippen molar-refractivity contribution < 1.29 is 4.92 Å². The molecule has 5 heteroatoms. The topological polar surface area (TPSA) is 59.3 Å². The molecule has 0 spiro atoms. The van der Waals surface area contributed by atoms with Gasteiger partial charge in [0.1, 0.15) is 12.0 Å². The number of hydrogen-bond acceptors (Lipinski definition) is 4. The molecule has 1 aliphatic heterocycles. The van der Waals surface area contributed by atoms with Gasteiger partial charge in [-0.15, -0.1) is 0 Å². The highest BCUT2D eigenvalue weighted by atomic mass is 16.6. The number of aryl methyl sites for hydroxylation is 3. The number of nitrogens with zero attached hydrogens (tertiary/aromatic N) is 3. The van der Waals surface area contributed by atoms with Crippen molar-refractivity contribution in [1.29, 1.82) is 0 Å². The largest absolute Gasteiger partial charge is 0.350 e. The van der Waals surface area contributed by atoms with Crippen molar-refractivity contribution >= 4 is 11.5 Å². The van der Waals surface area contributed by atoms with Gasteiger partial charge < -0.3 is 4.90 Å². The van der Waals surface area contributed by atoms with Crippen LogP contribution in [0.15, 0.2) is 30.5 Å². The first-order valence-electron chi connectivity index (χ1n) is 7.91. The molecule has 120 valence electrons. The van der Waals surface area contributed by atoms with Gasteiger partial charge in [-0.05, 0) is 45.2 Å². The molecule has 2 heterocycles. The summed E-state index contributed by atoms with van der Waals surface area (Å²) in [5.41, 5.74) is 4.57. The first-order chi connectivity index (χ1) is 11.0. The summed E-state index contributed by atoms with van der Waals surface area (Å²) in [5.74, 6) is 0.828. The molecule has 0 radical (unpaired) electrons. The second-order valence-corrected chi connectivity index (χ2v) is 6.36. The standard InChI is InChI=1S/C18H21N3O2/c1-12-7-13(2)9-15(8-12)16-5-4-6-20(16)18-10-14(3)17(11-19-18)21(22)23/h7-11,16H,4-6H2,1-3H3. The van der Waals surface area contributed by atoms with Gasteiger partial charge in [0.15, 0.2) is 0 Å². The van der Waals surface area contributed by atoms with E-state index >= 15 is 0 Å². The normalized spacial score (nSPS) is 17.5. The van der Waals surface area contributed by atoms with Gasteiger partial charge in [0, 0.05) is 12.1 Å². The minimum atomic E-state index is -0.377. The Labute approximate surface area is 136 Å². The predicted molar refractivity (Wildman–Crippen MR) is 90.9 cm³/mol. The lowest BCUT2D eigenvalue weighted by atomic mass is 9.99. The van der Waals surface area contributed by atoms with E-state index in [1.54, 1.807) is 6.92 Å². The Hall–Kier alpha value is -2.43. The average molecular weight is 311 g/mol. The summed E-state index contributed by atoms with van der Waals surface area (Å²) in [6, 6.07) is 8.76. The van der Waals surface area contributed by atoms with Gasteiger partial charge >= 0.3 is 0 Å². The molecule has 1 aliphatic rings. The second kappa shape index (κ2) is 5.99. The van der Waals surface area contributed by atoms with Crippen molar-refractivity contribution in [2.24, 2.45) is 0 Å². The predicted octanol–water partition coefficient (Wildman–Crippen LogP) is 4.26. The quantitative estimate of drug-likeness (QED) is 0.628. The Morgan fingerprint density at radius 2 is 1.87 bits per heavy atom. The van der Waals surface area contributed by atoms with Crippen LogP contribution in [0.4, 0.5) is 11.5 Å². The maximum atomic E-state index is 11.0. The molecular formula is C18H21N3O2. The van der Waals surface area contributed by atoms with Crippen LogP contribution in [0.25, 0.3) is 0 Å². The zero-order valence-corrected chi connectivity index (χ0v) is 13.7. The monoisotopic (exact) mass is 311 g/mol. The fraction of sp³-hybridized carbons (Fsp3) is 0.389. The summed E-state index contributed by atoms with van der Waals surface area (Å²) < 4.78 is 0. The fourth-order valence-corrected chi connectivity index (χ4v) is 3.47. The lowest BCUT2D eigenvalue weighted by molar-refractivity contribution is -0.385. The number of benzene rings is 1. The van der Waals surface area contributed by atoms with Crippen molar-refractivity contribution in [2.45, 2.75) is 39.7 Å². The Kier molecular flexibility index (Phi) is 4.03. The molecule has 0 saturated carbocycles. The van der Waals surface area contributed by atoms with E-state index in [2.05, 4.69) is 41.9 Å². The zero-order valence-electron chi connectivity index (χ0n) is 13.7. The maximum Gasteiger partial charge on any atom is 0.290 e. The van der Waals surface area contributed by atoms with E-state index in [-0.39, 0.29) is 10.6 Å². The Morgan fingerprint density at radius 1 is 1.17 bits per heavy atom. The van der Waals surface area contributed by atoms with Crippen LogP contribution in [0.5, 0.6) is 0 Å². The van der Waals surface area contributed by atoms with Crippen molar-refractivity contribution in [3.63, 3.8) is 0 Å². The molecule has 23 heavy (non-hydrogen) atoms. The third-order valence-corrected chi connectivity index (χ3v) is 4.44. The van der Waals surface area contributed by atoms with Crippen LogP contribution in [0.1, 0.15) is 41.1 Å². The maximum absolute atomic E-state index is 11.0. The van der Waals surface area contributed by atoms with Crippen LogP contribution < -0.4 is 4.90 Å².